The standard InChI is InChI=1S/C9H15IO3/c10-4-1-5-13-9(11)8-2-6-12-7-3-8/h8H,1-7H2. The third-order valence-electron chi connectivity index (χ3n) is 2.08. The van der Waals surface area contributed by atoms with Crippen LogP contribution in [0, 0.1) is 5.92 Å². The summed E-state index contributed by atoms with van der Waals surface area (Å²) in [5, 5.41) is 0. The molecule has 1 aliphatic heterocycles. The topological polar surface area (TPSA) is 35.5 Å². The minimum absolute atomic E-state index is 0.0341. The first-order valence-electron chi connectivity index (χ1n) is 4.65. The maximum absolute atomic E-state index is 11.4. The zero-order valence-electron chi connectivity index (χ0n) is 7.63. The first-order valence-corrected chi connectivity index (χ1v) is 6.17. The van der Waals surface area contributed by atoms with Crippen molar-refractivity contribution in [3.05, 3.63) is 0 Å². The molecule has 1 rings (SSSR count). The fraction of sp³-hybridized carbons (Fsp3) is 0.889. The predicted octanol–water partition coefficient (Wildman–Crippen LogP) is 1.78. The zero-order valence-corrected chi connectivity index (χ0v) is 9.79. The Morgan fingerprint density at radius 3 is 2.77 bits per heavy atom. The van der Waals surface area contributed by atoms with Gasteiger partial charge < -0.3 is 9.47 Å². The fourth-order valence-corrected chi connectivity index (χ4v) is 1.59. The van der Waals surface area contributed by atoms with Gasteiger partial charge in [0.1, 0.15) is 0 Å². The van der Waals surface area contributed by atoms with Gasteiger partial charge >= 0.3 is 5.97 Å². The number of carbonyl (C=O) groups excluding carboxylic acids is 1. The molecule has 0 unspecified atom stereocenters. The Morgan fingerprint density at radius 1 is 1.46 bits per heavy atom. The number of rotatable bonds is 4. The molecule has 4 heteroatoms. The van der Waals surface area contributed by atoms with E-state index in [0.29, 0.717) is 19.8 Å². The summed E-state index contributed by atoms with van der Waals surface area (Å²) in [4.78, 5) is 11.4. The molecule has 1 saturated heterocycles. The van der Waals surface area contributed by atoms with Crippen molar-refractivity contribution in [3.8, 4) is 0 Å². The van der Waals surface area contributed by atoms with Crippen molar-refractivity contribution in [1.82, 2.24) is 0 Å². The van der Waals surface area contributed by atoms with Crippen LogP contribution >= 0.6 is 22.6 Å². The van der Waals surface area contributed by atoms with Gasteiger partial charge in [-0.05, 0) is 19.3 Å². The smallest absolute Gasteiger partial charge is 0.309 e. The van der Waals surface area contributed by atoms with Crippen molar-refractivity contribution in [2.24, 2.45) is 5.92 Å². The van der Waals surface area contributed by atoms with Crippen LogP contribution in [0.2, 0.25) is 0 Å². The third-order valence-corrected chi connectivity index (χ3v) is 2.84. The molecule has 76 valence electrons. The van der Waals surface area contributed by atoms with Crippen molar-refractivity contribution in [3.63, 3.8) is 0 Å². The van der Waals surface area contributed by atoms with E-state index in [0.717, 1.165) is 23.7 Å². The maximum atomic E-state index is 11.4. The predicted molar refractivity (Wildman–Crippen MR) is 58.0 cm³/mol. The lowest BCUT2D eigenvalue weighted by Gasteiger charge is -2.20. The second-order valence-corrected chi connectivity index (χ2v) is 4.18. The Morgan fingerprint density at radius 2 is 2.15 bits per heavy atom. The van der Waals surface area contributed by atoms with Gasteiger partial charge in [-0.15, -0.1) is 0 Å². The second-order valence-electron chi connectivity index (χ2n) is 3.10. The molecule has 0 aromatic carbocycles. The van der Waals surface area contributed by atoms with Gasteiger partial charge in [0, 0.05) is 17.6 Å². The molecule has 0 atom stereocenters. The van der Waals surface area contributed by atoms with Gasteiger partial charge in [0.2, 0.25) is 0 Å². The Labute approximate surface area is 92.3 Å². The van der Waals surface area contributed by atoms with E-state index in [1.165, 1.54) is 0 Å². The molecule has 0 spiro atoms. The van der Waals surface area contributed by atoms with E-state index in [1.807, 2.05) is 0 Å². The van der Waals surface area contributed by atoms with Crippen molar-refractivity contribution < 1.29 is 14.3 Å². The molecule has 3 nitrogen and oxygen atoms in total. The molecule has 1 fully saturated rings. The van der Waals surface area contributed by atoms with E-state index in [2.05, 4.69) is 22.6 Å². The van der Waals surface area contributed by atoms with E-state index in [1.54, 1.807) is 0 Å². The highest BCUT2D eigenvalue weighted by atomic mass is 127. The van der Waals surface area contributed by atoms with Crippen LogP contribution in [0.25, 0.3) is 0 Å². The molecule has 13 heavy (non-hydrogen) atoms. The highest BCUT2D eigenvalue weighted by molar-refractivity contribution is 14.1. The molecule has 0 bridgehead atoms. The lowest BCUT2D eigenvalue weighted by Crippen LogP contribution is -2.25. The van der Waals surface area contributed by atoms with Gasteiger partial charge in [-0.3, -0.25) is 4.79 Å². The molecule has 0 saturated carbocycles. The van der Waals surface area contributed by atoms with Crippen LogP contribution in [0.4, 0.5) is 0 Å². The van der Waals surface area contributed by atoms with Crippen LogP contribution in [0.3, 0.4) is 0 Å². The minimum Gasteiger partial charge on any atom is -0.465 e. The zero-order chi connectivity index (χ0) is 9.52. The van der Waals surface area contributed by atoms with Gasteiger partial charge in [0.15, 0.2) is 0 Å². The third kappa shape index (κ3) is 4.26. The molecule has 1 heterocycles. The largest absolute Gasteiger partial charge is 0.465 e. The van der Waals surface area contributed by atoms with Crippen LogP contribution in [0.5, 0.6) is 0 Å². The number of halogens is 1. The summed E-state index contributed by atoms with van der Waals surface area (Å²) >= 11 is 2.28. The van der Waals surface area contributed by atoms with Crippen LogP contribution in [-0.4, -0.2) is 30.2 Å². The maximum Gasteiger partial charge on any atom is 0.309 e. The van der Waals surface area contributed by atoms with Gasteiger partial charge in [0.05, 0.1) is 12.5 Å². The summed E-state index contributed by atoms with van der Waals surface area (Å²) in [5.41, 5.74) is 0. The molecule has 0 aromatic rings. The Hall–Kier alpha value is 0.160. The van der Waals surface area contributed by atoms with Gasteiger partial charge in [-0.1, -0.05) is 22.6 Å². The average molecular weight is 298 g/mol. The Balaban J connectivity index is 2.13. The summed E-state index contributed by atoms with van der Waals surface area (Å²) in [5.74, 6) is 0.0520. The average Bonchev–Trinajstić information content (AvgIpc) is 2.19. The molecule has 0 aromatic heterocycles. The van der Waals surface area contributed by atoms with Crippen molar-refractivity contribution in [1.29, 1.82) is 0 Å². The number of carbonyl (C=O) groups is 1. The lowest BCUT2D eigenvalue weighted by molar-refractivity contribution is -0.151. The van der Waals surface area contributed by atoms with Crippen molar-refractivity contribution in [2.75, 3.05) is 24.2 Å². The molecule has 1 aliphatic rings. The number of ether oxygens (including phenoxy) is 2. The highest BCUT2D eigenvalue weighted by Gasteiger charge is 2.22. The normalized spacial score (nSPS) is 18.5. The van der Waals surface area contributed by atoms with E-state index in [4.69, 9.17) is 9.47 Å². The Bertz CT molecular complexity index is 155. The van der Waals surface area contributed by atoms with Crippen LogP contribution < -0.4 is 0 Å². The highest BCUT2D eigenvalue weighted by Crippen LogP contribution is 2.16. The number of hydrogen-bond donors (Lipinski definition) is 0. The first-order chi connectivity index (χ1) is 6.34. The molecular weight excluding hydrogens is 283 g/mol. The SMILES string of the molecule is O=C(OCCCI)C1CCOCC1. The number of esters is 1. The van der Waals surface area contributed by atoms with Gasteiger partial charge in [-0.25, -0.2) is 0 Å². The first kappa shape index (κ1) is 11.2. The lowest BCUT2D eigenvalue weighted by atomic mass is 10.0. The molecule has 0 aliphatic carbocycles. The van der Waals surface area contributed by atoms with E-state index < -0.39 is 0 Å². The Kier molecular flexibility index (Phi) is 5.70. The van der Waals surface area contributed by atoms with Gasteiger partial charge in [0.25, 0.3) is 0 Å². The summed E-state index contributed by atoms with van der Waals surface area (Å²) in [6.45, 7) is 1.97. The molecular formula is C9H15IO3. The van der Waals surface area contributed by atoms with Gasteiger partial charge in [-0.2, -0.15) is 0 Å². The second kappa shape index (κ2) is 6.59. The van der Waals surface area contributed by atoms with E-state index in [-0.39, 0.29) is 11.9 Å². The van der Waals surface area contributed by atoms with Crippen LogP contribution in [0.1, 0.15) is 19.3 Å². The van der Waals surface area contributed by atoms with E-state index >= 15 is 0 Å². The van der Waals surface area contributed by atoms with Crippen LogP contribution in [0.15, 0.2) is 0 Å². The molecule has 0 radical (unpaired) electrons. The number of hydrogen-bond acceptors (Lipinski definition) is 3. The molecule has 0 amide bonds. The van der Waals surface area contributed by atoms with Crippen molar-refractivity contribution >= 4 is 28.6 Å². The number of alkyl halides is 1. The van der Waals surface area contributed by atoms with Crippen LogP contribution in [-0.2, 0) is 14.3 Å². The monoisotopic (exact) mass is 298 g/mol. The summed E-state index contributed by atoms with van der Waals surface area (Å²) in [6, 6.07) is 0. The summed E-state index contributed by atoms with van der Waals surface area (Å²) in [6.07, 6.45) is 2.60. The van der Waals surface area contributed by atoms with Crippen molar-refractivity contribution in [2.45, 2.75) is 19.3 Å². The van der Waals surface area contributed by atoms with E-state index in [9.17, 15) is 4.79 Å². The summed E-state index contributed by atoms with van der Waals surface area (Å²) < 4.78 is 11.3. The quantitative estimate of drug-likeness (QED) is 0.343. The minimum atomic E-state index is -0.0341. The fourth-order valence-electron chi connectivity index (χ4n) is 1.28. The molecule has 0 N–H and O–H groups in total. The summed E-state index contributed by atoms with van der Waals surface area (Å²) in [7, 11) is 0.